The molecule has 0 saturated carbocycles. The molecular formula is C8H10O3. The van der Waals surface area contributed by atoms with Crippen LogP contribution in [-0.4, -0.2) is 19.4 Å². The van der Waals surface area contributed by atoms with Crippen LogP contribution in [0.15, 0.2) is 25.3 Å². The summed E-state index contributed by atoms with van der Waals surface area (Å²) in [5, 5.41) is 0. The van der Waals surface area contributed by atoms with E-state index in [0.717, 1.165) is 0 Å². The Kier molecular flexibility index (Phi) is 1.98. The topological polar surface area (TPSA) is 35.5 Å². The van der Waals surface area contributed by atoms with Crippen LogP contribution in [-0.2, 0) is 9.47 Å². The lowest BCUT2D eigenvalue weighted by Crippen LogP contribution is -2.35. The van der Waals surface area contributed by atoms with E-state index in [1.54, 1.807) is 12.2 Å². The summed E-state index contributed by atoms with van der Waals surface area (Å²) in [5.74, 6) is 0. The number of cyclic esters (lactones) is 2. The van der Waals surface area contributed by atoms with Gasteiger partial charge in [-0.05, 0) is 0 Å². The Bertz CT molecular complexity index is 176. The Morgan fingerprint density at radius 1 is 1.27 bits per heavy atom. The van der Waals surface area contributed by atoms with Crippen LogP contribution in [0.5, 0.6) is 0 Å². The first-order valence-electron chi connectivity index (χ1n) is 3.29. The quantitative estimate of drug-likeness (QED) is 0.446. The highest BCUT2D eigenvalue weighted by molar-refractivity contribution is 5.61. The molecule has 3 nitrogen and oxygen atoms in total. The van der Waals surface area contributed by atoms with Gasteiger partial charge in [0, 0.05) is 0 Å². The van der Waals surface area contributed by atoms with Crippen LogP contribution in [0.3, 0.4) is 0 Å². The zero-order valence-corrected chi connectivity index (χ0v) is 6.21. The van der Waals surface area contributed by atoms with Crippen LogP contribution in [0.2, 0.25) is 0 Å². The average Bonchev–Trinajstić information content (AvgIpc) is 2.07. The second-order valence-corrected chi connectivity index (χ2v) is 2.47. The second-order valence-electron chi connectivity index (χ2n) is 2.47. The average molecular weight is 154 g/mol. The molecule has 0 aromatic carbocycles. The van der Waals surface area contributed by atoms with Crippen LogP contribution in [0, 0.1) is 5.41 Å². The molecule has 11 heavy (non-hydrogen) atoms. The maximum atomic E-state index is 10.5. The van der Waals surface area contributed by atoms with Crippen molar-refractivity contribution in [3.63, 3.8) is 0 Å². The summed E-state index contributed by atoms with van der Waals surface area (Å²) in [5.41, 5.74) is -0.395. The van der Waals surface area contributed by atoms with Gasteiger partial charge in [0.1, 0.15) is 13.2 Å². The summed E-state index contributed by atoms with van der Waals surface area (Å²) >= 11 is 0. The standard InChI is InChI=1S/C8H10O3/c1-3-8(4-2)5-10-7(9)11-6-8/h3-4H,1-2,5-6H2. The largest absolute Gasteiger partial charge is 0.508 e. The highest BCUT2D eigenvalue weighted by atomic mass is 16.7. The van der Waals surface area contributed by atoms with Crippen LogP contribution in [0.1, 0.15) is 0 Å². The third-order valence-electron chi connectivity index (χ3n) is 1.73. The van der Waals surface area contributed by atoms with Gasteiger partial charge in [-0.15, -0.1) is 13.2 Å². The lowest BCUT2D eigenvalue weighted by Gasteiger charge is -2.29. The van der Waals surface area contributed by atoms with E-state index in [9.17, 15) is 4.79 Å². The Balaban J connectivity index is 2.66. The lowest BCUT2D eigenvalue weighted by molar-refractivity contribution is -0.0230. The number of hydrogen-bond donors (Lipinski definition) is 0. The van der Waals surface area contributed by atoms with Gasteiger partial charge in [0.2, 0.25) is 0 Å². The molecule has 0 aliphatic carbocycles. The maximum Gasteiger partial charge on any atom is 0.508 e. The fourth-order valence-corrected chi connectivity index (χ4v) is 0.789. The van der Waals surface area contributed by atoms with Gasteiger partial charge in [-0.1, -0.05) is 12.2 Å². The Labute approximate surface area is 65.3 Å². The third kappa shape index (κ3) is 1.42. The smallest absolute Gasteiger partial charge is 0.433 e. The molecule has 0 N–H and O–H groups in total. The predicted octanol–water partition coefficient (Wildman–Crippen LogP) is 1.51. The van der Waals surface area contributed by atoms with Gasteiger partial charge in [0.15, 0.2) is 0 Å². The van der Waals surface area contributed by atoms with E-state index in [2.05, 4.69) is 22.6 Å². The Morgan fingerprint density at radius 2 is 1.73 bits per heavy atom. The van der Waals surface area contributed by atoms with Gasteiger partial charge in [-0.25, -0.2) is 4.79 Å². The van der Waals surface area contributed by atoms with Crippen molar-refractivity contribution in [2.45, 2.75) is 0 Å². The van der Waals surface area contributed by atoms with E-state index < -0.39 is 11.6 Å². The molecule has 0 spiro atoms. The van der Waals surface area contributed by atoms with E-state index in [1.807, 2.05) is 0 Å². The molecule has 1 aliphatic heterocycles. The summed E-state index contributed by atoms with van der Waals surface area (Å²) in [4.78, 5) is 10.5. The molecule has 0 bridgehead atoms. The molecule has 1 rings (SSSR count). The molecule has 0 unspecified atom stereocenters. The molecule has 0 radical (unpaired) electrons. The van der Waals surface area contributed by atoms with Crippen molar-refractivity contribution in [1.29, 1.82) is 0 Å². The second kappa shape index (κ2) is 2.78. The minimum atomic E-state index is -0.621. The van der Waals surface area contributed by atoms with Crippen molar-refractivity contribution in [3.8, 4) is 0 Å². The summed E-state index contributed by atoms with van der Waals surface area (Å²) in [6, 6.07) is 0. The van der Waals surface area contributed by atoms with Crippen molar-refractivity contribution in [3.05, 3.63) is 25.3 Å². The molecule has 1 aliphatic rings. The number of rotatable bonds is 2. The molecule has 0 aromatic rings. The number of carbonyl (C=O) groups is 1. The van der Waals surface area contributed by atoms with Crippen molar-refractivity contribution in [2.75, 3.05) is 13.2 Å². The SMILES string of the molecule is C=CC1(C=C)COC(=O)OC1. The molecule has 1 fully saturated rings. The van der Waals surface area contributed by atoms with Gasteiger partial charge in [-0.2, -0.15) is 0 Å². The number of carbonyl (C=O) groups excluding carboxylic acids is 1. The van der Waals surface area contributed by atoms with Crippen LogP contribution < -0.4 is 0 Å². The maximum absolute atomic E-state index is 10.5. The van der Waals surface area contributed by atoms with Crippen LogP contribution in [0.4, 0.5) is 4.79 Å². The molecule has 0 aromatic heterocycles. The highest BCUT2D eigenvalue weighted by Gasteiger charge is 2.31. The normalized spacial score (nSPS) is 21.3. The molecule has 3 heteroatoms. The highest BCUT2D eigenvalue weighted by Crippen LogP contribution is 2.24. The Hall–Kier alpha value is -1.25. The molecule has 1 heterocycles. The predicted molar refractivity (Wildman–Crippen MR) is 40.1 cm³/mol. The monoisotopic (exact) mass is 154 g/mol. The molecule has 0 atom stereocenters. The van der Waals surface area contributed by atoms with Gasteiger partial charge >= 0.3 is 6.16 Å². The van der Waals surface area contributed by atoms with E-state index >= 15 is 0 Å². The van der Waals surface area contributed by atoms with Gasteiger partial charge in [0.05, 0.1) is 5.41 Å². The van der Waals surface area contributed by atoms with Crippen molar-refractivity contribution >= 4 is 6.16 Å². The Morgan fingerprint density at radius 3 is 2.09 bits per heavy atom. The first-order chi connectivity index (χ1) is 5.22. The van der Waals surface area contributed by atoms with Crippen LogP contribution in [0.25, 0.3) is 0 Å². The van der Waals surface area contributed by atoms with Gasteiger partial charge in [-0.3, -0.25) is 0 Å². The van der Waals surface area contributed by atoms with E-state index in [4.69, 9.17) is 0 Å². The van der Waals surface area contributed by atoms with Gasteiger partial charge in [0.25, 0.3) is 0 Å². The molecule has 60 valence electrons. The van der Waals surface area contributed by atoms with Crippen LogP contribution >= 0.6 is 0 Å². The first kappa shape index (κ1) is 7.85. The van der Waals surface area contributed by atoms with Crippen molar-refractivity contribution < 1.29 is 14.3 Å². The molecular weight excluding hydrogens is 144 g/mol. The summed E-state index contributed by atoms with van der Waals surface area (Å²) in [7, 11) is 0. The molecule has 0 amide bonds. The van der Waals surface area contributed by atoms with Crippen molar-refractivity contribution in [1.82, 2.24) is 0 Å². The lowest BCUT2D eigenvalue weighted by atomic mass is 9.90. The van der Waals surface area contributed by atoms with E-state index in [0.29, 0.717) is 0 Å². The third-order valence-corrected chi connectivity index (χ3v) is 1.73. The van der Waals surface area contributed by atoms with Crippen molar-refractivity contribution in [2.24, 2.45) is 5.41 Å². The fraction of sp³-hybridized carbons (Fsp3) is 0.375. The minimum Gasteiger partial charge on any atom is -0.433 e. The zero-order chi connectivity index (χ0) is 8.32. The van der Waals surface area contributed by atoms with E-state index in [-0.39, 0.29) is 13.2 Å². The molecule has 1 saturated heterocycles. The first-order valence-corrected chi connectivity index (χ1v) is 3.29. The number of ether oxygens (including phenoxy) is 2. The summed E-state index contributed by atoms with van der Waals surface area (Å²) in [6.07, 6.45) is 2.73. The zero-order valence-electron chi connectivity index (χ0n) is 6.21. The summed E-state index contributed by atoms with van der Waals surface area (Å²) in [6.45, 7) is 7.77. The van der Waals surface area contributed by atoms with E-state index in [1.165, 1.54) is 0 Å². The fourth-order valence-electron chi connectivity index (χ4n) is 0.789. The minimum absolute atomic E-state index is 0.277. The number of hydrogen-bond acceptors (Lipinski definition) is 3. The van der Waals surface area contributed by atoms with Gasteiger partial charge < -0.3 is 9.47 Å². The summed E-state index contributed by atoms with van der Waals surface area (Å²) < 4.78 is 9.34.